The molecule has 0 bridgehead atoms. The van der Waals surface area contributed by atoms with Crippen LogP contribution in [-0.2, 0) is 9.59 Å². The average molecular weight is 356 g/mol. The lowest BCUT2D eigenvalue weighted by Crippen LogP contribution is -2.44. The maximum absolute atomic E-state index is 12.4. The number of rotatable bonds is 6. The Balaban J connectivity index is 1.48. The maximum Gasteiger partial charge on any atom is 0.258 e. The number of ether oxygens (including phenoxy) is 3. The van der Waals surface area contributed by atoms with Gasteiger partial charge in [0.25, 0.3) is 5.91 Å². The number of para-hydroxylation sites is 2. The molecule has 0 aliphatic carbocycles. The first-order chi connectivity index (χ1) is 12.7. The molecule has 1 heterocycles. The van der Waals surface area contributed by atoms with Crippen LogP contribution in [0.15, 0.2) is 48.5 Å². The molecule has 2 amide bonds. The standard InChI is InChI=1S/C19H20N2O5/c1-24-14-6-8-15(9-7-14)26-13-18(22)20-12-19(23)21-10-11-25-17-5-3-2-4-16(17)21/h2-9H,10-13H2,1H3,(H,20,22). The van der Waals surface area contributed by atoms with E-state index in [1.54, 1.807) is 36.3 Å². The van der Waals surface area contributed by atoms with Gasteiger partial charge in [0, 0.05) is 0 Å². The smallest absolute Gasteiger partial charge is 0.258 e. The Kier molecular flexibility index (Phi) is 5.58. The van der Waals surface area contributed by atoms with Gasteiger partial charge in [0.1, 0.15) is 23.9 Å². The minimum Gasteiger partial charge on any atom is -0.497 e. The van der Waals surface area contributed by atoms with Crippen LogP contribution in [0.1, 0.15) is 0 Å². The minimum absolute atomic E-state index is 0.0981. The van der Waals surface area contributed by atoms with Crippen LogP contribution in [0.5, 0.6) is 17.2 Å². The molecule has 7 heteroatoms. The van der Waals surface area contributed by atoms with Crippen molar-refractivity contribution in [1.82, 2.24) is 5.32 Å². The third-order valence-electron chi connectivity index (χ3n) is 3.90. The van der Waals surface area contributed by atoms with Gasteiger partial charge < -0.3 is 24.4 Å². The first-order valence-corrected chi connectivity index (χ1v) is 8.23. The molecule has 3 rings (SSSR count). The lowest BCUT2D eigenvalue weighted by molar-refractivity contribution is -0.126. The quantitative estimate of drug-likeness (QED) is 0.851. The summed E-state index contributed by atoms with van der Waals surface area (Å²) in [7, 11) is 1.58. The molecule has 0 atom stereocenters. The zero-order chi connectivity index (χ0) is 18.4. The van der Waals surface area contributed by atoms with Crippen molar-refractivity contribution < 1.29 is 23.8 Å². The Morgan fingerprint density at radius 1 is 1.12 bits per heavy atom. The van der Waals surface area contributed by atoms with Gasteiger partial charge in [0.15, 0.2) is 6.61 Å². The Morgan fingerprint density at radius 3 is 2.62 bits per heavy atom. The van der Waals surface area contributed by atoms with Crippen molar-refractivity contribution in [2.45, 2.75) is 0 Å². The molecule has 0 radical (unpaired) electrons. The molecule has 26 heavy (non-hydrogen) atoms. The summed E-state index contributed by atoms with van der Waals surface area (Å²) >= 11 is 0. The van der Waals surface area contributed by atoms with E-state index < -0.39 is 0 Å². The summed E-state index contributed by atoms with van der Waals surface area (Å²) in [6, 6.07) is 14.2. The van der Waals surface area contributed by atoms with E-state index in [1.165, 1.54) is 0 Å². The van der Waals surface area contributed by atoms with Crippen LogP contribution in [0.3, 0.4) is 0 Å². The lowest BCUT2D eigenvalue weighted by Gasteiger charge is -2.29. The molecule has 7 nitrogen and oxygen atoms in total. The predicted molar refractivity (Wildman–Crippen MR) is 95.8 cm³/mol. The summed E-state index contributed by atoms with van der Waals surface area (Å²) in [5.41, 5.74) is 0.715. The van der Waals surface area contributed by atoms with Crippen molar-refractivity contribution in [3.05, 3.63) is 48.5 Å². The Hall–Kier alpha value is -3.22. The van der Waals surface area contributed by atoms with Gasteiger partial charge >= 0.3 is 0 Å². The first kappa shape index (κ1) is 17.6. The van der Waals surface area contributed by atoms with Gasteiger partial charge in [0.05, 0.1) is 25.9 Å². The zero-order valence-electron chi connectivity index (χ0n) is 14.4. The van der Waals surface area contributed by atoms with Crippen molar-refractivity contribution in [3.8, 4) is 17.2 Å². The largest absolute Gasteiger partial charge is 0.497 e. The second kappa shape index (κ2) is 8.24. The number of nitrogens with zero attached hydrogens (tertiary/aromatic N) is 1. The van der Waals surface area contributed by atoms with Crippen LogP contribution in [-0.4, -0.2) is 45.2 Å². The molecule has 1 aliphatic rings. The SMILES string of the molecule is COc1ccc(OCC(=O)NCC(=O)N2CCOc3ccccc32)cc1. The monoisotopic (exact) mass is 356 g/mol. The van der Waals surface area contributed by atoms with E-state index in [0.717, 1.165) is 0 Å². The number of nitrogens with one attached hydrogen (secondary N) is 1. The summed E-state index contributed by atoms with van der Waals surface area (Å²) < 4.78 is 16.0. The number of benzene rings is 2. The Bertz CT molecular complexity index is 776. The number of hydrogen-bond donors (Lipinski definition) is 1. The molecule has 2 aromatic carbocycles. The van der Waals surface area contributed by atoms with E-state index in [4.69, 9.17) is 14.2 Å². The van der Waals surface area contributed by atoms with Gasteiger partial charge in [-0.25, -0.2) is 0 Å². The Morgan fingerprint density at radius 2 is 1.85 bits per heavy atom. The van der Waals surface area contributed by atoms with E-state index in [2.05, 4.69) is 5.32 Å². The highest BCUT2D eigenvalue weighted by atomic mass is 16.5. The summed E-state index contributed by atoms with van der Waals surface area (Å²) in [6.07, 6.45) is 0. The Labute approximate surface area is 151 Å². The van der Waals surface area contributed by atoms with Crippen LogP contribution in [0.2, 0.25) is 0 Å². The van der Waals surface area contributed by atoms with Crippen molar-refractivity contribution >= 4 is 17.5 Å². The van der Waals surface area contributed by atoms with Gasteiger partial charge in [-0.1, -0.05) is 12.1 Å². The van der Waals surface area contributed by atoms with Gasteiger partial charge in [-0.15, -0.1) is 0 Å². The zero-order valence-corrected chi connectivity index (χ0v) is 14.4. The number of anilines is 1. The van der Waals surface area contributed by atoms with Crippen molar-refractivity contribution in [2.24, 2.45) is 0 Å². The summed E-state index contributed by atoms with van der Waals surface area (Å²) in [5, 5.41) is 2.58. The molecular weight excluding hydrogens is 336 g/mol. The normalized spacial score (nSPS) is 12.6. The number of methoxy groups -OCH3 is 1. The first-order valence-electron chi connectivity index (χ1n) is 8.23. The topological polar surface area (TPSA) is 77.1 Å². The highest BCUT2D eigenvalue weighted by molar-refractivity contribution is 5.98. The van der Waals surface area contributed by atoms with Crippen molar-refractivity contribution in [1.29, 1.82) is 0 Å². The van der Waals surface area contributed by atoms with Crippen molar-refractivity contribution in [3.63, 3.8) is 0 Å². The highest BCUT2D eigenvalue weighted by Gasteiger charge is 2.23. The van der Waals surface area contributed by atoms with E-state index >= 15 is 0 Å². The molecule has 0 spiro atoms. The number of fused-ring (bicyclic) bond motifs is 1. The van der Waals surface area contributed by atoms with Gasteiger partial charge in [-0.05, 0) is 36.4 Å². The maximum atomic E-state index is 12.4. The minimum atomic E-state index is -0.365. The molecule has 136 valence electrons. The average Bonchev–Trinajstić information content (AvgIpc) is 2.70. The highest BCUT2D eigenvalue weighted by Crippen LogP contribution is 2.30. The van der Waals surface area contributed by atoms with Crippen molar-refractivity contribution in [2.75, 3.05) is 38.3 Å². The van der Waals surface area contributed by atoms with Crippen LogP contribution in [0.4, 0.5) is 5.69 Å². The van der Waals surface area contributed by atoms with Gasteiger partial charge in [0.2, 0.25) is 5.91 Å². The van der Waals surface area contributed by atoms with Crippen LogP contribution >= 0.6 is 0 Å². The molecule has 0 unspecified atom stereocenters. The molecule has 0 fully saturated rings. The summed E-state index contributed by atoms with van der Waals surface area (Å²) in [6.45, 7) is 0.615. The van der Waals surface area contributed by atoms with Crippen LogP contribution in [0, 0.1) is 0 Å². The summed E-state index contributed by atoms with van der Waals surface area (Å²) in [4.78, 5) is 25.9. The van der Waals surface area contributed by atoms with Crippen LogP contribution < -0.4 is 24.4 Å². The second-order valence-corrected chi connectivity index (χ2v) is 5.60. The molecule has 2 aromatic rings. The van der Waals surface area contributed by atoms with E-state index in [-0.39, 0.29) is 25.0 Å². The fourth-order valence-corrected chi connectivity index (χ4v) is 2.57. The predicted octanol–water partition coefficient (Wildman–Crippen LogP) is 1.62. The number of carbonyl (C=O) groups is 2. The number of hydrogen-bond acceptors (Lipinski definition) is 5. The molecule has 0 saturated heterocycles. The second-order valence-electron chi connectivity index (χ2n) is 5.60. The molecule has 1 N–H and O–H groups in total. The molecule has 1 aliphatic heterocycles. The summed E-state index contributed by atoms with van der Waals surface area (Å²) in [5.74, 6) is 1.36. The fourth-order valence-electron chi connectivity index (χ4n) is 2.57. The fraction of sp³-hybridized carbons (Fsp3) is 0.263. The molecular formula is C19H20N2O5. The van der Waals surface area contributed by atoms with E-state index in [0.29, 0.717) is 36.1 Å². The lowest BCUT2D eigenvalue weighted by atomic mass is 10.2. The third kappa shape index (κ3) is 4.24. The van der Waals surface area contributed by atoms with Gasteiger partial charge in [-0.3, -0.25) is 9.59 Å². The molecule has 0 aromatic heterocycles. The van der Waals surface area contributed by atoms with Gasteiger partial charge in [-0.2, -0.15) is 0 Å². The third-order valence-corrected chi connectivity index (χ3v) is 3.90. The molecule has 0 saturated carbocycles. The van der Waals surface area contributed by atoms with Crippen LogP contribution in [0.25, 0.3) is 0 Å². The van der Waals surface area contributed by atoms with E-state index in [9.17, 15) is 9.59 Å². The van der Waals surface area contributed by atoms with E-state index in [1.807, 2.05) is 24.3 Å². The number of carbonyl (C=O) groups excluding carboxylic acids is 2. The number of amides is 2.